The molecule has 3 aliphatic heterocycles. The molecule has 0 bridgehead atoms. The van der Waals surface area contributed by atoms with E-state index in [1.165, 1.54) is 0 Å². The molecule has 1 aliphatic carbocycles. The van der Waals surface area contributed by atoms with Crippen molar-refractivity contribution in [3.63, 3.8) is 0 Å². The van der Waals surface area contributed by atoms with Crippen molar-refractivity contribution >= 4 is 11.9 Å². The van der Waals surface area contributed by atoms with Crippen molar-refractivity contribution in [1.82, 2.24) is 30.3 Å². The van der Waals surface area contributed by atoms with Gasteiger partial charge < -0.3 is 15.1 Å². The molecule has 0 atom stereocenters. The Kier molecular flexibility index (Phi) is 3.55. The Bertz CT molecular complexity index is 817. The van der Waals surface area contributed by atoms with Gasteiger partial charge in [-0.05, 0) is 25.2 Å². The van der Waals surface area contributed by atoms with Crippen LogP contribution in [0, 0.1) is 11.3 Å². The number of carbonyl (C=O) groups is 2. The molecule has 8 nitrogen and oxygen atoms in total. The van der Waals surface area contributed by atoms with Gasteiger partial charge in [-0.15, -0.1) is 0 Å². The largest absolute Gasteiger partial charge is 0.451 e. The zero-order valence-corrected chi connectivity index (χ0v) is 15.2. The average molecular weight is 398 g/mol. The van der Waals surface area contributed by atoms with E-state index in [2.05, 4.69) is 15.4 Å². The highest BCUT2D eigenvalue weighted by atomic mass is 19.4. The maximum atomic E-state index is 12.6. The molecule has 1 aromatic rings. The first-order valence-corrected chi connectivity index (χ1v) is 9.49. The molecule has 4 heterocycles. The van der Waals surface area contributed by atoms with E-state index in [0.717, 1.165) is 19.3 Å². The van der Waals surface area contributed by atoms with E-state index in [9.17, 15) is 22.8 Å². The normalized spacial score (nSPS) is 25.5. The summed E-state index contributed by atoms with van der Waals surface area (Å²) < 4.78 is 37.7. The van der Waals surface area contributed by atoms with Gasteiger partial charge >= 0.3 is 12.2 Å². The van der Waals surface area contributed by atoms with Crippen LogP contribution in [0.2, 0.25) is 0 Å². The Morgan fingerprint density at radius 2 is 1.86 bits per heavy atom. The van der Waals surface area contributed by atoms with Crippen LogP contribution in [0.4, 0.5) is 18.0 Å². The minimum Gasteiger partial charge on any atom is -0.347 e. The number of hydrogen-bond acceptors (Lipinski definition) is 4. The number of likely N-dealkylation sites (tertiary alicyclic amines) is 2. The second-order valence-electron chi connectivity index (χ2n) is 8.90. The first-order valence-electron chi connectivity index (χ1n) is 9.49. The van der Waals surface area contributed by atoms with Gasteiger partial charge in [-0.25, -0.2) is 9.78 Å². The van der Waals surface area contributed by atoms with Crippen LogP contribution in [-0.2, 0) is 17.4 Å². The smallest absolute Gasteiger partial charge is 0.347 e. The zero-order valence-electron chi connectivity index (χ0n) is 15.2. The van der Waals surface area contributed by atoms with Gasteiger partial charge in [0.2, 0.25) is 11.7 Å². The van der Waals surface area contributed by atoms with Crippen LogP contribution in [0.5, 0.6) is 0 Å². The van der Waals surface area contributed by atoms with Crippen molar-refractivity contribution in [2.75, 3.05) is 26.2 Å². The van der Waals surface area contributed by atoms with Gasteiger partial charge in [0.1, 0.15) is 0 Å². The molecule has 2 N–H and O–H groups in total. The van der Waals surface area contributed by atoms with Gasteiger partial charge in [-0.1, -0.05) is 0 Å². The average Bonchev–Trinajstić information content (AvgIpc) is 3.12. The van der Waals surface area contributed by atoms with Crippen molar-refractivity contribution < 1.29 is 22.8 Å². The van der Waals surface area contributed by atoms with Crippen molar-refractivity contribution in [3.05, 3.63) is 11.6 Å². The summed E-state index contributed by atoms with van der Waals surface area (Å²) in [6, 6.07) is 0.0182. The van der Waals surface area contributed by atoms with Gasteiger partial charge in [0.15, 0.2) is 5.82 Å². The van der Waals surface area contributed by atoms with Crippen LogP contribution in [-0.4, -0.2) is 68.6 Å². The standard InChI is InChI=1S/C17H21F3N6O2/c18-17(19,20)13-21-11(23-24-13)3-10-4-15(5-10)6-25(7-15)14(28)26-8-16(9-26)2-1-12(27)22-16/h10H,1-9H2,(H,22,27)(H,21,23,24). The first kappa shape index (κ1) is 17.7. The van der Waals surface area contributed by atoms with E-state index >= 15 is 0 Å². The third-order valence-electron chi connectivity index (χ3n) is 6.53. The number of hydrogen-bond donors (Lipinski definition) is 2. The highest BCUT2D eigenvalue weighted by Gasteiger charge is 2.56. The number of aromatic amines is 1. The fourth-order valence-corrected chi connectivity index (χ4v) is 5.27. The molecule has 4 aliphatic rings. The van der Waals surface area contributed by atoms with Crippen LogP contribution in [0.25, 0.3) is 0 Å². The summed E-state index contributed by atoms with van der Waals surface area (Å²) >= 11 is 0. The minimum absolute atomic E-state index is 0.0182. The van der Waals surface area contributed by atoms with E-state index in [0.29, 0.717) is 39.0 Å². The number of rotatable bonds is 2. The zero-order chi connectivity index (χ0) is 19.7. The van der Waals surface area contributed by atoms with Crippen LogP contribution >= 0.6 is 0 Å². The number of urea groups is 1. The maximum Gasteiger partial charge on any atom is 0.451 e. The summed E-state index contributed by atoms with van der Waals surface area (Å²) in [5.74, 6) is -0.536. The Morgan fingerprint density at radius 3 is 2.43 bits per heavy atom. The number of amides is 3. The van der Waals surface area contributed by atoms with Gasteiger partial charge in [-0.3, -0.25) is 9.89 Å². The third-order valence-corrected chi connectivity index (χ3v) is 6.53. The van der Waals surface area contributed by atoms with Crippen molar-refractivity contribution in [3.8, 4) is 0 Å². The van der Waals surface area contributed by atoms with E-state index < -0.39 is 12.0 Å². The lowest BCUT2D eigenvalue weighted by Gasteiger charge is -2.61. The van der Waals surface area contributed by atoms with Crippen LogP contribution in [0.3, 0.4) is 0 Å². The number of halogens is 3. The molecule has 3 amide bonds. The SMILES string of the molecule is O=C1CCC2(CN(C(=O)N3CC4(CC(Cc5n[nH]c(C(F)(F)F)n5)C4)C3)C2)N1. The number of nitrogens with one attached hydrogen (secondary N) is 2. The fraction of sp³-hybridized carbons (Fsp3) is 0.765. The monoisotopic (exact) mass is 398 g/mol. The predicted octanol–water partition coefficient (Wildman–Crippen LogP) is 1.16. The molecule has 11 heteroatoms. The molecule has 5 rings (SSSR count). The first-order chi connectivity index (χ1) is 13.2. The summed E-state index contributed by atoms with van der Waals surface area (Å²) in [6.45, 7) is 2.55. The molecule has 1 saturated carbocycles. The van der Waals surface area contributed by atoms with E-state index in [-0.39, 0.29) is 34.6 Å². The molecule has 152 valence electrons. The summed E-state index contributed by atoms with van der Waals surface area (Å²) in [7, 11) is 0. The Hall–Kier alpha value is -2.33. The molecule has 0 unspecified atom stereocenters. The molecule has 28 heavy (non-hydrogen) atoms. The maximum absolute atomic E-state index is 12.6. The van der Waals surface area contributed by atoms with E-state index in [1.807, 2.05) is 10.00 Å². The number of H-pyrrole nitrogens is 1. The quantitative estimate of drug-likeness (QED) is 0.782. The molecule has 4 fully saturated rings. The molecule has 0 aromatic carbocycles. The fourth-order valence-electron chi connectivity index (χ4n) is 5.27. The highest BCUT2D eigenvalue weighted by molar-refractivity contribution is 5.82. The van der Waals surface area contributed by atoms with Crippen LogP contribution in [0.1, 0.15) is 37.3 Å². The van der Waals surface area contributed by atoms with Crippen molar-refractivity contribution in [2.24, 2.45) is 11.3 Å². The number of alkyl halides is 3. The molecule has 3 saturated heterocycles. The molecular weight excluding hydrogens is 377 g/mol. The summed E-state index contributed by atoms with van der Waals surface area (Å²) in [6.07, 6.45) is -0.988. The molecule has 1 aromatic heterocycles. The van der Waals surface area contributed by atoms with Gasteiger partial charge in [0, 0.05) is 44.4 Å². The van der Waals surface area contributed by atoms with Crippen LogP contribution < -0.4 is 5.32 Å². The Balaban J connectivity index is 1.07. The van der Waals surface area contributed by atoms with Gasteiger partial charge in [-0.2, -0.15) is 18.3 Å². The molecule has 2 spiro atoms. The summed E-state index contributed by atoms with van der Waals surface area (Å²) in [5, 5.41) is 8.58. The second kappa shape index (κ2) is 5.60. The van der Waals surface area contributed by atoms with E-state index in [1.54, 1.807) is 4.90 Å². The third kappa shape index (κ3) is 2.82. The summed E-state index contributed by atoms with van der Waals surface area (Å²) in [5.41, 5.74) is -0.101. The number of nitrogens with zero attached hydrogens (tertiary/aromatic N) is 4. The number of carbonyl (C=O) groups excluding carboxylic acids is 2. The predicted molar refractivity (Wildman–Crippen MR) is 88.9 cm³/mol. The second-order valence-corrected chi connectivity index (χ2v) is 8.90. The molecular formula is C17H21F3N6O2. The summed E-state index contributed by atoms with van der Waals surface area (Å²) in [4.78, 5) is 31.0. The lowest BCUT2D eigenvalue weighted by Crippen LogP contribution is -2.73. The van der Waals surface area contributed by atoms with Crippen molar-refractivity contribution in [1.29, 1.82) is 0 Å². The Labute approximate surface area is 158 Å². The van der Waals surface area contributed by atoms with Gasteiger partial charge in [0.05, 0.1) is 5.54 Å². The van der Waals surface area contributed by atoms with Crippen LogP contribution in [0.15, 0.2) is 0 Å². The van der Waals surface area contributed by atoms with E-state index in [4.69, 9.17) is 0 Å². The van der Waals surface area contributed by atoms with Crippen molar-refractivity contribution in [2.45, 2.75) is 43.8 Å². The number of aromatic nitrogens is 3. The Morgan fingerprint density at radius 1 is 1.18 bits per heavy atom. The van der Waals surface area contributed by atoms with Gasteiger partial charge in [0.25, 0.3) is 0 Å². The highest BCUT2D eigenvalue weighted by Crippen LogP contribution is 2.53. The lowest BCUT2D eigenvalue weighted by atomic mass is 9.57. The molecule has 0 radical (unpaired) electrons. The minimum atomic E-state index is -4.50. The topological polar surface area (TPSA) is 94.2 Å². The lowest BCUT2D eigenvalue weighted by molar-refractivity contribution is -0.144.